The normalized spacial score (nSPS) is 12.1. The Morgan fingerprint density at radius 3 is 2.29 bits per heavy atom. The summed E-state index contributed by atoms with van der Waals surface area (Å²) in [6.45, 7) is 3.64. The summed E-state index contributed by atoms with van der Waals surface area (Å²) in [6.07, 6.45) is -1.98. The molecule has 0 saturated heterocycles. The van der Waals surface area contributed by atoms with E-state index in [0.29, 0.717) is 17.1 Å². The summed E-state index contributed by atoms with van der Waals surface area (Å²) >= 11 is 0. The number of sulfonamides is 1. The van der Waals surface area contributed by atoms with Gasteiger partial charge >= 0.3 is 6.18 Å². The Kier molecular flexibility index (Phi) is 8.16. The van der Waals surface area contributed by atoms with E-state index in [1.54, 1.807) is 43.3 Å². The molecule has 0 unspecified atom stereocenters. The summed E-state index contributed by atoms with van der Waals surface area (Å²) in [5, 5.41) is 0. The third-order valence-corrected chi connectivity index (χ3v) is 6.30. The van der Waals surface area contributed by atoms with Crippen LogP contribution in [-0.2, 0) is 16.6 Å². The summed E-state index contributed by atoms with van der Waals surface area (Å²) in [4.78, 5) is 5.98. The van der Waals surface area contributed by atoms with Crippen LogP contribution >= 0.6 is 0 Å². The van der Waals surface area contributed by atoms with E-state index in [4.69, 9.17) is 4.74 Å². The number of pyridine rings is 1. The molecule has 1 aromatic heterocycles. The van der Waals surface area contributed by atoms with Gasteiger partial charge in [-0.05, 0) is 36.6 Å². The molecule has 0 spiro atoms. The van der Waals surface area contributed by atoms with Gasteiger partial charge < -0.3 is 9.64 Å². The average molecular weight is 460 g/mol. The molecule has 0 aliphatic rings. The maximum absolute atomic E-state index is 13.0. The summed E-state index contributed by atoms with van der Waals surface area (Å²) in [5.74, 6) is -0.908. The molecular weight excluding hydrogens is 431 g/mol. The number of rotatable bonds is 10. The van der Waals surface area contributed by atoms with Crippen molar-refractivity contribution in [1.82, 2.24) is 4.98 Å². The second-order valence-electron chi connectivity index (χ2n) is 7.35. The van der Waals surface area contributed by atoms with Crippen LogP contribution in [0, 0.1) is 0 Å². The van der Waals surface area contributed by atoms with Crippen LogP contribution in [0.1, 0.15) is 32.3 Å². The molecule has 31 heavy (non-hydrogen) atoms. The molecule has 0 amide bonds. The van der Waals surface area contributed by atoms with Gasteiger partial charge in [0.25, 0.3) is 0 Å². The van der Waals surface area contributed by atoms with E-state index in [1.807, 2.05) is 13.8 Å². The Labute approximate surface area is 181 Å². The van der Waals surface area contributed by atoms with Gasteiger partial charge in [-0.1, -0.05) is 26.0 Å². The van der Waals surface area contributed by atoms with E-state index in [-0.39, 0.29) is 18.3 Å². The van der Waals surface area contributed by atoms with Crippen molar-refractivity contribution in [2.45, 2.75) is 45.5 Å². The largest absolute Gasteiger partial charge is 0.490 e. The molecule has 0 N–H and O–H groups in total. The van der Waals surface area contributed by atoms with Crippen molar-refractivity contribution in [3.8, 4) is 5.75 Å². The second kappa shape index (κ2) is 10.2. The van der Waals surface area contributed by atoms with E-state index in [2.05, 4.69) is 4.98 Å². The molecule has 2 aromatic rings. The van der Waals surface area contributed by atoms with Gasteiger partial charge in [0.2, 0.25) is 10.0 Å². The Morgan fingerprint density at radius 2 is 1.77 bits per heavy atom. The lowest BCUT2D eigenvalue weighted by molar-refractivity contribution is -0.106. The molecule has 0 saturated carbocycles. The molecular formula is C21H28F3N3O3S. The number of hydrogen-bond donors (Lipinski definition) is 0. The standard InChI is InChI=1S/C21H28F3N3O3S/c1-5-18(6-2)30-19-9-7-8-17(12-19)27(31(28,29)15-21(22,23)24)14-16-10-11-20(25-13-16)26(3)4/h7-13,18H,5-6,14-15H2,1-4H3. The van der Waals surface area contributed by atoms with Crippen LogP contribution in [0.3, 0.4) is 0 Å². The number of aromatic nitrogens is 1. The van der Waals surface area contributed by atoms with Crippen LogP contribution in [0.5, 0.6) is 5.75 Å². The van der Waals surface area contributed by atoms with Crippen molar-refractivity contribution in [3.05, 3.63) is 48.2 Å². The molecule has 0 aliphatic carbocycles. The number of hydrogen-bond acceptors (Lipinski definition) is 5. The summed E-state index contributed by atoms with van der Waals surface area (Å²) in [7, 11) is -1.10. The van der Waals surface area contributed by atoms with E-state index in [0.717, 1.165) is 17.1 Å². The zero-order chi connectivity index (χ0) is 23.2. The van der Waals surface area contributed by atoms with Gasteiger partial charge in [0.1, 0.15) is 11.6 Å². The third-order valence-electron chi connectivity index (χ3n) is 4.59. The number of nitrogens with zero attached hydrogens (tertiary/aromatic N) is 3. The van der Waals surface area contributed by atoms with Gasteiger partial charge in [0.05, 0.1) is 18.3 Å². The molecule has 0 radical (unpaired) electrons. The van der Waals surface area contributed by atoms with Crippen LogP contribution in [0.15, 0.2) is 42.6 Å². The molecule has 172 valence electrons. The Morgan fingerprint density at radius 1 is 1.10 bits per heavy atom. The van der Waals surface area contributed by atoms with E-state index in [1.165, 1.54) is 18.3 Å². The van der Waals surface area contributed by atoms with Crippen LogP contribution in [0.2, 0.25) is 0 Å². The van der Waals surface area contributed by atoms with Crippen LogP contribution in [0.25, 0.3) is 0 Å². The molecule has 2 rings (SSSR count). The highest BCUT2D eigenvalue weighted by atomic mass is 32.2. The maximum atomic E-state index is 13.0. The molecule has 10 heteroatoms. The summed E-state index contributed by atoms with van der Waals surface area (Å²) < 4.78 is 71.0. The SMILES string of the molecule is CCC(CC)Oc1cccc(N(Cc2ccc(N(C)C)nc2)S(=O)(=O)CC(F)(F)F)c1. The van der Waals surface area contributed by atoms with Crippen molar-refractivity contribution in [2.75, 3.05) is 29.1 Å². The number of benzene rings is 1. The fourth-order valence-corrected chi connectivity index (χ4v) is 4.29. The minimum Gasteiger partial charge on any atom is -0.490 e. The lowest BCUT2D eigenvalue weighted by Gasteiger charge is -2.26. The molecule has 1 aromatic carbocycles. The Bertz CT molecular complexity index is 944. The van der Waals surface area contributed by atoms with Crippen LogP contribution < -0.4 is 13.9 Å². The zero-order valence-corrected chi connectivity index (χ0v) is 18.9. The molecule has 0 fully saturated rings. The van der Waals surface area contributed by atoms with Crippen LogP contribution in [-0.4, -0.2) is 45.5 Å². The first kappa shape index (κ1) is 24.8. The highest BCUT2D eigenvalue weighted by molar-refractivity contribution is 7.92. The maximum Gasteiger partial charge on any atom is 0.404 e. The second-order valence-corrected chi connectivity index (χ2v) is 9.24. The van der Waals surface area contributed by atoms with Crippen molar-refractivity contribution in [1.29, 1.82) is 0 Å². The summed E-state index contributed by atoms with van der Waals surface area (Å²) in [5.41, 5.74) is 0.562. The molecule has 0 atom stereocenters. The van der Waals surface area contributed by atoms with Gasteiger partial charge in [-0.3, -0.25) is 4.31 Å². The number of halogens is 3. The van der Waals surface area contributed by atoms with E-state index < -0.39 is 22.0 Å². The van der Waals surface area contributed by atoms with E-state index >= 15 is 0 Å². The van der Waals surface area contributed by atoms with Gasteiger partial charge in [-0.25, -0.2) is 13.4 Å². The van der Waals surface area contributed by atoms with Crippen molar-refractivity contribution in [3.63, 3.8) is 0 Å². The topological polar surface area (TPSA) is 62.7 Å². The minimum absolute atomic E-state index is 0.0711. The minimum atomic E-state index is -4.87. The van der Waals surface area contributed by atoms with Gasteiger partial charge in [0.15, 0.2) is 5.75 Å². The van der Waals surface area contributed by atoms with Crippen molar-refractivity contribution in [2.24, 2.45) is 0 Å². The fraction of sp³-hybridized carbons (Fsp3) is 0.476. The van der Waals surface area contributed by atoms with Crippen LogP contribution in [0.4, 0.5) is 24.7 Å². The third kappa shape index (κ3) is 7.30. The number of alkyl halides is 3. The first-order valence-corrected chi connectivity index (χ1v) is 11.5. The summed E-state index contributed by atoms with van der Waals surface area (Å²) in [6, 6.07) is 9.45. The fourth-order valence-electron chi connectivity index (χ4n) is 2.94. The van der Waals surface area contributed by atoms with E-state index in [9.17, 15) is 21.6 Å². The smallest absolute Gasteiger partial charge is 0.404 e. The monoisotopic (exact) mass is 459 g/mol. The van der Waals surface area contributed by atoms with Gasteiger partial charge in [-0.2, -0.15) is 13.2 Å². The Balaban J connectivity index is 2.42. The molecule has 1 heterocycles. The Hall–Kier alpha value is -2.49. The first-order chi connectivity index (χ1) is 14.4. The van der Waals surface area contributed by atoms with Crippen molar-refractivity contribution >= 4 is 21.5 Å². The lowest BCUT2D eigenvalue weighted by Crippen LogP contribution is -2.37. The van der Waals surface area contributed by atoms with Crippen molar-refractivity contribution < 1.29 is 26.3 Å². The molecule has 0 bridgehead atoms. The first-order valence-electron chi connectivity index (χ1n) is 9.91. The average Bonchev–Trinajstić information content (AvgIpc) is 2.68. The quantitative estimate of drug-likeness (QED) is 0.519. The highest BCUT2D eigenvalue weighted by Gasteiger charge is 2.38. The molecule has 0 aliphatic heterocycles. The molecule has 6 nitrogen and oxygen atoms in total. The lowest BCUT2D eigenvalue weighted by atomic mass is 10.2. The predicted octanol–water partition coefficient (Wildman–Crippen LogP) is 4.61. The zero-order valence-electron chi connectivity index (χ0n) is 18.1. The predicted molar refractivity (Wildman–Crippen MR) is 116 cm³/mol. The number of ether oxygens (including phenoxy) is 1. The van der Waals surface area contributed by atoms with Gasteiger partial charge in [-0.15, -0.1) is 0 Å². The number of anilines is 2. The highest BCUT2D eigenvalue weighted by Crippen LogP contribution is 2.29. The van der Waals surface area contributed by atoms with Gasteiger partial charge in [0, 0.05) is 26.4 Å².